The summed E-state index contributed by atoms with van der Waals surface area (Å²) in [5, 5.41) is 12.1. The molecule has 1 unspecified atom stereocenters. The third kappa shape index (κ3) is 2.94. The van der Waals surface area contributed by atoms with Crippen molar-refractivity contribution in [1.29, 1.82) is 0 Å². The highest BCUT2D eigenvalue weighted by atomic mass is 32.2. The number of hydrogen-bond donors (Lipinski definition) is 2. The van der Waals surface area contributed by atoms with Crippen molar-refractivity contribution in [3.05, 3.63) is 24.3 Å². The molecule has 0 heterocycles. The highest BCUT2D eigenvalue weighted by Gasteiger charge is 2.03. The van der Waals surface area contributed by atoms with Crippen LogP contribution in [0.3, 0.4) is 0 Å². The van der Waals surface area contributed by atoms with E-state index in [4.69, 9.17) is 5.11 Å². The Balaban J connectivity index is 2.74. The first-order valence-corrected chi connectivity index (χ1v) is 5.50. The molecule has 0 saturated carbocycles. The summed E-state index contributed by atoms with van der Waals surface area (Å²) in [7, 11) is 0. The van der Waals surface area contributed by atoms with Crippen molar-refractivity contribution < 1.29 is 5.11 Å². The first kappa shape index (κ1) is 10.4. The van der Waals surface area contributed by atoms with Crippen LogP contribution in [0, 0.1) is 0 Å². The summed E-state index contributed by atoms with van der Waals surface area (Å²) in [6, 6.07) is 8.20. The van der Waals surface area contributed by atoms with Crippen molar-refractivity contribution in [2.24, 2.45) is 0 Å². The Kier molecular flexibility index (Phi) is 4.12. The molecule has 0 amide bonds. The summed E-state index contributed by atoms with van der Waals surface area (Å²) >= 11 is 1.70. The second-order valence-electron chi connectivity index (χ2n) is 2.93. The van der Waals surface area contributed by atoms with E-state index in [0.29, 0.717) is 0 Å². The molecule has 3 heteroatoms. The minimum atomic E-state index is 0.105. The lowest BCUT2D eigenvalue weighted by Crippen LogP contribution is -2.19. The second kappa shape index (κ2) is 5.14. The van der Waals surface area contributed by atoms with Gasteiger partial charge in [0.25, 0.3) is 0 Å². The maximum absolute atomic E-state index is 8.89. The van der Waals surface area contributed by atoms with Gasteiger partial charge in [0.15, 0.2) is 0 Å². The lowest BCUT2D eigenvalue weighted by atomic mass is 10.3. The van der Waals surface area contributed by atoms with E-state index < -0.39 is 0 Å². The van der Waals surface area contributed by atoms with Crippen molar-refractivity contribution in [2.45, 2.75) is 17.9 Å². The molecule has 0 aromatic heterocycles. The van der Waals surface area contributed by atoms with Crippen molar-refractivity contribution in [3.8, 4) is 0 Å². The maximum atomic E-state index is 8.89. The van der Waals surface area contributed by atoms with Crippen molar-refractivity contribution in [3.63, 3.8) is 0 Å². The number of aliphatic hydroxyl groups is 1. The number of nitrogens with one attached hydrogen (secondary N) is 1. The van der Waals surface area contributed by atoms with Crippen LogP contribution in [0.15, 0.2) is 29.2 Å². The fourth-order valence-electron chi connectivity index (χ4n) is 1.07. The molecule has 2 nitrogen and oxygen atoms in total. The zero-order chi connectivity index (χ0) is 9.68. The minimum Gasteiger partial charge on any atom is -0.394 e. The monoisotopic (exact) mass is 197 g/mol. The standard InChI is InChI=1S/C10H15NOS/c1-8(7-12)11-9-5-3-4-6-10(9)13-2/h3-6,8,11-12H,7H2,1-2H3. The van der Waals surface area contributed by atoms with E-state index in [1.54, 1.807) is 11.8 Å². The summed E-state index contributed by atoms with van der Waals surface area (Å²) in [5.74, 6) is 0. The van der Waals surface area contributed by atoms with Gasteiger partial charge in [0.2, 0.25) is 0 Å². The summed E-state index contributed by atoms with van der Waals surface area (Å²) in [6.45, 7) is 2.11. The highest BCUT2D eigenvalue weighted by Crippen LogP contribution is 2.24. The van der Waals surface area contributed by atoms with Gasteiger partial charge in [-0.3, -0.25) is 0 Å². The van der Waals surface area contributed by atoms with Crippen LogP contribution in [-0.4, -0.2) is 24.0 Å². The molecule has 0 spiro atoms. The Morgan fingerprint density at radius 3 is 2.77 bits per heavy atom. The van der Waals surface area contributed by atoms with E-state index in [2.05, 4.69) is 11.4 Å². The molecule has 0 fully saturated rings. The normalized spacial score (nSPS) is 12.5. The van der Waals surface area contributed by atoms with E-state index in [0.717, 1.165) is 5.69 Å². The van der Waals surface area contributed by atoms with Crippen LogP contribution in [0.4, 0.5) is 5.69 Å². The fourth-order valence-corrected chi connectivity index (χ4v) is 1.64. The number of thioether (sulfide) groups is 1. The van der Waals surface area contributed by atoms with Crippen LogP contribution in [0.1, 0.15) is 6.92 Å². The van der Waals surface area contributed by atoms with Gasteiger partial charge in [-0.25, -0.2) is 0 Å². The van der Waals surface area contributed by atoms with E-state index in [1.165, 1.54) is 4.90 Å². The number of para-hydroxylation sites is 1. The quantitative estimate of drug-likeness (QED) is 0.726. The average Bonchev–Trinajstić information content (AvgIpc) is 2.18. The number of hydrogen-bond acceptors (Lipinski definition) is 3. The molecular formula is C10H15NOS. The summed E-state index contributed by atoms with van der Waals surface area (Å²) in [5.41, 5.74) is 1.09. The molecular weight excluding hydrogens is 182 g/mol. The zero-order valence-electron chi connectivity index (χ0n) is 7.95. The van der Waals surface area contributed by atoms with Crippen LogP contribution in [-0.2, 0) is 0 Å². The third-order valence-corrected chi connectivity index (χ3v) is 2.58. The van der Waals surface area contributed by atoms with Crippen LogP contribution in [0.2, 0.25) is 0 Å². The van der Waals surface area contributed by atoms with Gasteiger partial charge >= 0.3 is 0 Å². The minimum absolute atomic E-state index is 0.105. The molecule has 2 N–H and O–H groups in total. The van der Waals surface area contributed by atoms with Crippen molar-refractivity contribution >= 4 is 17.4 Å². The molecule has 0 radical (unpaired) electrons. The smallest absolute Gasteiger partial charge is 0.0630 e. The molecule has 1 aromatic carbocycles. The predicted molar refractivity (Wildman–Crippen MR) is 58.4 cm³/mol. The Hall–Kier alpha value is -0.670. The molecule has 1 rings (SSSR count). The van der Waals surface area contributed by atoms with E-state index >= 15 is 0 Å². The van der Waals surface area contributed by atoms with Gasteiger partial charge in [-0.2, -0.15) is 0 Å². The first-order valence-electron chi connectivity index (χ1n) is 4.28. The van der Waals surface area contributed by atoms with Crippen LogP contribution < -0.4 is 5.32 Å². The van der Waals surface area contributed by atoms with Crippen LogP contribution in [0.5, 0.6) is 0 Å². The molecule has 1 atom stereocenters. The Morgan fingerprint density at radius 2 is 2.15 bits per heavy atom. The maximum Gasteiger partial charge on any atom is 0.0630 e. The zero-order valence-corrected chi connectivity index (χ0v) is 8.77. The molecule has 0 aliphatic rings. The van der Waals surface area contributed by atoms with Gasteiger partial charge in [0.05, 0.1) is 6.61 Å². The van der Waals surface area contributed by atoms with Crippen molar-refractivity contribution in [1.82, 2.24) is 0 Å². The molecule has 0 aliphatic heterocycles. The highest BCUT2D eigenvalue weighted by molar-refractivity contribution is 7.98. The second-order valence-corrected chi connectivity index (χ2v) is 3.78. The topological polar surface area (TPSA) is 32.3 Å². The summed E-state index contributed by atoms with van der Waals surface area (Å²) in [4.78, 5) is 1.21. The first-order chi connectivity index (χ1) is 6.27. The Morgan fingerprint density at radius 1 is 1.46 bits per heavy atom. The van der Waals surface area contributed by atoms with Gasteiger partial charge in [-0.05, 0) is 25.3 Å². The molecule has 0 bridgehead atoms. The number of aliphatic hydroxyl groups excluding tert-OH is 1. The molecule has 1 aromatic rings. The van der Waals surface area contributed by atoms with Crippen LogP contribution >= 0.6 is 11.8 Å². The van der Waals surface area contributed by atoms with E-state index in [1.807, 2.05) is 31.4 Å². The molecule has 0 saturated heterocycles. The van der Waals surface area contributed by atoms with Gasteiger partial charge in [-0.1, -0.05) is 12.1 Å². The largest absolute Gasteiger partial charge is 0.394 e. The number of rotatable bonds is 4. The van der Waals surface area contributed by atoms with Gasteiger partial charge < -0.3 is 10.4 Å². The van der Waals surface area contributed by atoms with Gasteiger partial charge in [0.1, 0.15) is 0 Å². The predicted octanol–water partition coefficient (Wildman–Crippen LogP) is 2.20. The molecule has 13 heavy (non-hydrogen) atoms. The average molecular weight is 197 g/mol. The Bertz CT molecular complexity index is 265. The lowest BCUT2D eigenvalue weighted by molar-refractivity contribution is 0.281. The molecule has 0 aliphatic carbocycles. The number of anilines is 1. The lowest BCUT2D eigenvalue weighted by Gasteiger charge is -2.14. The van der Waals surface area contributed by atoms with Gasteiger partial charge in [0, 0.05) is 16.6 Å². The van der Waals surface area contributed by atoms with Crippen molar-refractivity contribution in [2.75, 3.05) is 18.2 Å². The third-order valence-electron chi connectivity index (χ3n) is 1.78. The molecule has 72 valence electrons. The van der Waals surface area contributed by atoms with E-state index in [9.17, 15) is 0 Å². The summed E-state index contributed by atoms with van der Waals surface area (Å²) in [6.07, 6.45) is 2.05. The number of benzene rings is 1. The van der Waals surface area contributed by atoms with Crippen LogP contribution in [0.25, 0.3) is 0 Å². The van der Waals surface area contributed by atoms with Gasteiger partial charge in [-0.15, -0.1) is 11.8 Å². The Labute approximate surface area is 83.4 Å². The fraction of sp³-hybridized carbons (Fsp3) is 0.400. The SMILES string of the molecule is CSc1ccccc1NC(C)CO. The summed E-state index contributed by atoms with van der Waals surface area (Å²) < 4.78 is 0. The van der Waals surface area contributed by atoms with E-state index in [-0.39, 0.29) is 12.6 Å².